The predicted octanol–water partition coefficient (Wildman–Crippen LogP) is 2.65. The van der Waals surface area contributed by atoms with Gasteiger partial charge in [0.2, 0.25) is 5.91 Å². The van der Waals surface area contributed by atoms with Gasteiger partial charge in [-0.2, -0.15) is 0 Å². The fourth-order valence-electron chi connectivity index (χ4n) is 1.87. The number of carbonyl (C=O) groups excluding carboxylic acids is 1. The third kappa shape index (κ3) is 1.83. The van der Waals surface area contributed by atoms with Gasteiger partial charge in [-0.3, -0.25) is 4.79 Å². The highest BCUT2D eigenvalue weighted by atomic mass is 79.9. The number of carbonyl (C=O) groups is 1. The Morgan fingerprint density at radius 2 is 2.29 bits per heavy atom. The summed E-state index contributed by atoms with van der Waals surface area (Å²) in [7, 11) is 0. The number of anilines is 2. The van der Waals surface area contributed by atoms with Gasteiger partial charge in [-0.1, -0.05) is 0 Å². The number of hydrogen-bond acceptors (Lipinski definition) is 4. The number of rotatable bonds is 1. The molecule has 3 N–H and O–H groups in total. The molecule has 1 aromatic heterocycles. The number of nitrogens with zero attached hydrogens (tertiary/aromatic N) is 1. The number of nitrogens with two attached hydrogens (primary N) is 1. The first-order chi connectivity index (χ1) is 8.13. The summed E-state index contributed by atoms with van der Waals surface area (Å²) >= 11 is 4.87. The molecular formula is C11H8BrN3OS. The zero-order chi connectivity index (χ0) is 12.0. The van der Waals surface area contributed by atoms with Gasteiger partial charge in [-0.15, -0.1) is 11.3 Å². The fourth-order valence-corrected chi connectivity index (χ4v) is 3.04. The number of aromatic nitrogens is 1. The van der Waals surface area contributed by atoms with Crippen molar-refractivity contribution in [3.05, 3.63) is 27.5 Å². The third-order valence-electron chi connectivity index (χ3n) is 2.61. The molecule has 0 fully saturated rings. The van der Waals surface area contributed by atoms with E-state index in [4.69, 9.17) is 5.73 Å². The van der Waals surface area contributed by atoms with E-state index >= 15 is 0 Å². The van der Waals surface area contributed by atoms with E-state index in [1.54, 1.807) is 0 Å². The minimum Gasteiger partial charge on any atom is -0.375 e. The second kappa shape index (κ2) is 3.82. The molecule has 86 valence electrons. The number of halogens is 1. The van der Waals surface area contributed by atoms with Crippen molar-refractivity contribution in [3.8, 4) is 11.3 Å². The number of fused-ring (bicyclic) bond motifs is 1. The Morgan fingerprint density at radius 1 is 1.47 bits per heavy atom. The summed E-state index contributed by atoms with van der Waals surface area (Å²) in [5.41, 5.74) is 9.29. The van der Waals surface area contributed by atoms with Crippen LogP contribution in [0.15, 0.2) is 22.0 Å². The largest absolute Gasteiger partial charge is 0.375 e. The lowest BCUT2D eigenvalue weighted by atomic mass is 10.1. The van der Waals surface area contributed by atoms with Crippen LogP contribution in [0.1, 0.15) is 5.56 Å². The monoisotopic (exact) mass is 309 g/mol. The van der Waals surface area contributed by atoms with Crippen molar-refractivity contribution in [1.82, 2.24) is 4.98 Å². The van der Waals surface area contributed by atoms with Crippen LogP contribution in [0, 0.1) is 0 Å². The molecule has 0 atom stereocenters. The first-order valence-electron chi connectivity index (χ1n) is 4.97. The van der Waals surface area contributed by atoms with Crippen LogP contribution in [0.2, 0.25) is 0 Å². The van der Waals surface area contributed by atoms with Crippen LogP contribution in [-0.4, -0.2) is 10.9 Å². The predicted molar refractivity (Wildman–Crippen MR) is 72.0 cm³/mol. The molecule has 0 saturated carbocycles. The normalized spacial score (nSPS) is 13.6. The molecule has 0 spiro atoms. The molecule has 1 amide bonds. The highest BCUT2D eigenvalue weighted by Crippen LogP contribution is 2.36. The SMILES string of the molecule is Nc1nc(-c2cc(Br)c3c(c2)CC(=O)N3)cs1. The molecule has 6 heteroatoms. The average molecular weight is 310 g/mol. The summed E-state index contributed by atoms with van der Waals surface area (Å²) in [5, 5.41) is 5.28. The van der Waals surface area contributed by atoms with Gasteiger partial charge < -0.3 is 11.1 Å². The summed E-state index contributed by atoms with van der Waals surface area (Å²) < 4.78 is 0.877. The summed E-state index contributed by atoms with van der Waals surface area (Å²) in [6, 6.07) is 3.92. The molecule has 0 aliphatic carbocycles. The van der Waals surface area contributed by atoms with Crippen LogP contribution in [0.3, 0.4) is 0 Å². The zero-order valence-electron chi connectivity index (χ0n) is 8.66. The molecule has 0 unspecified atom stereocenters. The van der Waals surface area contributed by atoms with Crippen LogP contribution >= 0.6 is 27.3 Å². The topological polar surface area (TPSA) is 68.0 Å². The Hall–Kier alpha value is -1.40. The van der Waals surface area contributed by atoms with Gasteiger partial charge in [0, 0.05) is 15.4 Å². The number of benzene rings is 1. The molecule has 0 saturated heterocycles. The minimum absolute atomic E-state index is 0.0237. The Labute approximate surface area is 110 Å². The van der Waals surface area contributed by atoms with E-state index in [0.717, 1.165) is 27.0 Å². The van der Waals surface area contributed by atoms with Gasteiger partial charge in [-0.25, -0.2) is 4.98 Å². The van der Waals surface area contributed by atoms with Crippen molar-refractivity contribution >= 4 is 44.0 Å². The van der Waals surface area contributed by atoms with E-state index in [1.807, 2.05) is 17.5 Å². The zero-order valence-corrected chi connectivity index (χ0v) is 11.1. The molecule has 17 heavy (non-hydrogen) atoms. The van der Waals surface area contributed by atoms with Gasteiger partial charge in [0.05, 0.1) is 17.8 Å². The summed E-state index contributed by atoms with van der Waals surface area (Å²) in [4.78, 5) is 15.6. The molecular weight excluding hydrogens is 302 g/mol. The summed E-state index contributed by atoms with van der Waals surface area (Å²) in [5.74, 6) is 0.0237. The molecule has 0 bridgehead atoms. The van der Waals surface area contributed by atoms with Crippen molar-refractivity contribution in [2.75, 3.05) is 11.1 Å². The van der Waals surface area contributed by atoms with Crippen molar-refractivity contribution in [2.24, 2.45) is 0 Å². The maximum atomic E-state index is 11.3. The maximum absolute atomic E-state index is 11.3. The van der Waals surface area contributed by atoms with Gasteiger partial charge in [0.25, 0.3) is 0 Å². The molecule has 2 heterocycles. The fraction of sp³-hybridized carbons (Fsp3) is 0.0909. The minimum atomic E-state index is 0.0237. The highest BCUT2D eigenvalue weighted by Gasteiger charge is 2.21. The number of amides is 1. The Kier molecular flexibility index (Phi) is 2.41. The van der Waals surface area contributed by atoms with E-state index in [1.165, 1.54) is 11.3 Å². The van der Waals surface area contributed by atoms with E-state index in [0.29, 0.717) is 11.6 Å². The summed E-state index contributed by atoms with van der Waals surface area (Å²) in [6.07, 6.45) is 0.418. The number of thiazole rings is 1. The van der Waals surface area contributed by atoms with E-state index in [2.05, 4.69) is 26.2 Å². The average Bonchev–Trinajstić information content (AvgIpc) is 2.83. The van der Waals surface area contributed by atoms with Crippen LogP contribution < -0.4 is 11.1 Å². The Balaban J connectivity index is 2.12. The van der Waals surface area contributed by atoms with E-state index in [9.17, 15) is 4.79 Å². The first kappa shape index (κ1) is 10.7. The van der Waals surface area contributed by atoms with Crippen LogP contribution in [0.5, 0.6) is 0 Å². The van der Waals surface area contributed by atoms with E-state index in [-0.39, 0.29) is 5.91 Å². The van der Waals surface area contributed by atoms with Crippen LogP contribution in [0.4, 0.5) is 10.8 Å². The molecule has 0 radical (unpaired) electrons. The second-order valence-electron chi connectivity index (χ2n) is 3.79. The summed E-state index contributed by atoms with van der Waals surface area (Å²) in [6.45, 7) is 0. The molecule has 1 aliphatic heterocycles. The standard InChI is InChI=1S/C11H8BrN3OS/c12-7-2-5(8-4-17-11(13)14-8)1-6-3-9(16)15-10(6)7/h1-2,4H,3H2,(H2,13,14)(H,15,16). The second-order valence-corrected chi connectivity index (χ2v) is 5.53. The molecule has 3 rings (SSSR count). The first-order valence-corrected chi connectivity index (χ1v) is 6.64. The third-order valence-corrected chi connectivity index (χ3v) is 3.90. The maximum Gasteiger partial charge on any atom is 0.228 e. The number of nitrogen functional groups attached to an aromatic ring is 1. The van der Waals surface area contributed by atoms with Gasteiger partial charge >= 0.3 is 0 Å². The van der Waals surface area contributed by atoms with Gasteiger partial charge in [0.1, 0.15) is 0 Å². The number of hydrogen-bond donors (Lipinski definition) is 2. The quantitative estimate of drug-likeness (QED) is 0.851. The van der Waals surface area contributed by atoms with E-state index < -0.39 is 0 Å². The van der Waals surface area contributed by atoms with Crippen molar-refractivity contribution in [3.63, 3.8) is 0 Å². The van der Waals surface area contributed by atoms with Crippen LogP contribution in [-0.2, 0) is 11.2 Å². The van der Waals surface area contributed by atoms with Crippen LogP contribution in [0.25, 0.3) is 11.3 Å². The highest BCUT2D eigenvalue weighted by molar-refractivity contribution is 9.10. The smallest absolute Gasteiger partial charge is 0.228 e. The van der Waals surface area contributed by atoms with Gasteiger partial charge in [0.15, 0.2) is 5.13 Å². The molecule has 4 nitrogen and oxygen atoms in total. The van der Waals surface area contributed by atoms with Gasteiger partial charge in [-0.05, 0) is 33.6 Å². The lowest BCUT2D eigenvalue weighted by Gasteiger charge is -2.05. The van der Waals surface area contributed by atoms with Crippen molar-refractivity contribution in [2.45, 2.75) is 6.42 Å². The van der Waals surface area contributed by atoms with Crippen molar-refractivity contribution in [1.29, 1.82) is 0 Å². The Bertz CT molecular complexity index is 623. The lowest BCUT2D eigenvalue weighted by Crippen LogP contribution is -2.03. The number of nitrogens with one attached hydrogen (secondary N) is 1. The lowest BCUT2D eigenvalue weighted by molar-refractivity contribution is -0.115. The molecule has 1 aliphatic rings. The Morgan fingerprint density at radius 3 is 3.00 bits per heavy atom. The van der Waals surface area contributed by atoms with Crippen molar-refractivity contribution < 1.29 is 4.79 Å². The molecule has 1 aromatic carbocycles. The molecule has 2 aromatic rings.